The number of aryl methyl sites for hydroxylation is 1. The zero-order chi connectivity index (χ0) is 19.2. The standard InChI is InChI=1S/C17H23FN6O3/c1-10-22-15(24-27-10)5-6-19-16(25)11-3-4-13(14(7-11)26-2)23-17-20-8-12(18)9-21-17/h8-9,11,13-14H,3-7H2,1-2H3,(H,19,25)(H,20,21,23)/t11-,13+,14+/m0/s1. The number of anilines is 1. The number of ether oxygens (including phenoxy) is 1. The Balaban J connectivity index is 1.47. The Hall–Kier alpha value is -2.62. The number of nitrogens with zero attached hydrogens (tertiary/aromatic N) is 4. The molecule has 0 radical (unpaired) electrons. The average molecular weight is 378 g/mol. The molecule has 1 aliphatic rings. The predicted molar refractivity (Wildman–Crippen MR) is 93.3 cm³/mol. The minimum absolute atomic E-state index is 0.00579. The van der Waals surface area contributed by atoms with Crippen molar-refractivity contribution in [2.24, 2.45) is 5.92 Å². The van der Waals surface area contributed by atoms with Crippen molar-refractivity contribution in [3.63, 3.8) is 0 Å². The second-order valence-electron chi connectivity index (χ2n) is 6.53. The molecule has 27 heavy (non-hydrogen) atoms. The molecule has 2 aromatic rings. The van der Waals surface area contributed by atoms with E-state index in [0.29, 0.717) is 43.5 Å². The summed E-state index contributed by atoms with van der Waals surface area (Å²) in [6.45, 7) is 2.18. The number of hydrogen-bond donors (Lipinski definition) is 2. The highest BCUT2D eigenvalue weighted by Crippen LogP contribution is 2.28. The second kappa shape index (κ2) is 8.85. The number of hydrogen-bond acceptors (Lipinski definition) is 8. The van der Waals surface area contributed by atoms with Crippen LogP contribution in [0, 0.1) is 18.7 Å². The summed E-state index contributed by atoms with van der Waals surface area (Å²) in [7, 11) is 1.61. The molecular formula is C17H23FN6O3. The van der Waals surface area contributed by atoms with Gasteiger partial charge >= 0.3 is 0 Å². The maximum absolute atomic E-state index is 12.9. The van der Waals surface area contributed by atoms with Gasteiger partial charge in [0, 0.05) is 32.9 Å². The smallest absolute Gasteiger partial charge is 0.223 e. The van der Waals surface area contributed by atoms with E-state index < -0.39 is 5.82 Å². The van der Waals surface area contributed by atoms with Crippen molar-refractivity contribution in [1.29, 1.82) is 0 Å². The monoisotopic (exact) mass is 378 g/mol. The number of halogens is 1. The van der Waals surface area contributed by atoms with E-state index in [4.69, 9.17) is 9.26 Å². The van der Waals surface area contributed by atoms with Crippen LogP contribution in [-0.2, 0) is 16.0 Å². The van der Waals surface area contributed by atoms with E-state index in [1.807, 2.05) is 0 Å². The van der Waals surface area contributed by atoms with Gasteiger partial charge in [-0.2, -0.15) is 4.98 Å². The van der Waals surface area contributed by atoms with Crippen LogP contribution in [0.2, 0.25) is 0 Å². The van der Waals surface area contributed by atoms with E-state index in [0.717, 1.165) is 18.8 Å². The number of carbonyl (C=O) groups excluding carboxylic acids is 1. The number of rotatable bonds is 7. The van der Waals surface area contributed by atoms with Crippen LogP contribution in [0.25, 0.3) is 0 Å². The zero-order valence-electron chi connectivity index (χ0n) is 15.3. The summed E-state index contributed by atoms with van der Waals surface area (Å²) in [5.41, 5.74) is 0. The van der Waals surface area contributed by atoms with Gasteiger partial charge in [0.15, 0.2) is 11.6 Å². The third-order valence-corrected chi connectivity index (χ3v) is 4.62. The van der Waals surface area contributed by atoms with Crippen LogP contribution in [0.5, 0.6) is 0 Å². The van der Waals surface area contributed by atoms with Crippen molar-refractivity contribution >= 4 is 11.9 Å². The summed E-state index contributed by atoms with van der Waals surface area (Å²) in [5.74, 6) is 0.815. The zero-order valence-corrected chi connectivity index (χ0v) is 15.3. The number of carbonyl (C=O) groups is 1. The predicted octanol–water partition coefficient (Wildman–Crippen LogP) is 1.26. The first-order chi connectivity index (χ1) is 13.0. The highest BCUT2D eigenvalue weighted by molar-refractivity contribution is 5.78. The maximum Gasteiger partial charge on any atom is 0.223 e. The Morgan fingerprint density at radius 1 is 1.37 bits per heavy atom. The molecule has 3 atom stereocenters. The fourth-order valence-electron chi connectivity index (χ4n) is 3.23. The molecule has 2 N–H and O–H groups in total. The van der Waals surface area contributed by atoms with Gasteiger partial charge in [-0.3, -0.25) is 4.79 Å². The molecule has 2 aromatic heterocycles. The van der Waals surface area contributed by atoms with Crippen LogP contribution in [0.1, 0.15) is 31.0 Å². The minimum Gasteiger partial charge on any atom is -0.379 e. The van der Waals surface area contributed by atoms with Gasteiger partial charge in [0.25, 0.3) is 0 Å². The molecule has 2 heterocycles. The summed E-state index contributed by atoms with van der Waals surface area (Å²) in [4.78, 5) is 24.4. The Bertz CT molecular complexity index is 753. The fourth-order valence-corrected chi connectivity index (χ4v) is 3.23. The van der Waals surface area contributed by atoms with E-state index >= 15 is 0 Å². The number of aromatic nitrogens is 4. The van der Waals surface area contributed by atoms with E-state index in [1.165, 1.54) is 0 Å². The molecule has 0 spiro atoms. The molecule has 0 bridgehead atoms. The third kappa shape index (κ3) is 5.19. The summed E-state index contributed by atoms with van der Waals surface area (Å²) < 4.78 is 23.4. The van der Waals surface area contributed by atoms with Crippen LogP contribution in [0.3, 0.4) is 0 Å². The van der Waals surface area contributed by atoms with Crippen LogP contribution < -0.4 is 10.6 Å². The molecule has 3 rings (SSSR count). The van der Waals surface area contributed by atoms with Gasteiger partial charge in [-0.05, 0) is 19.3 Å². The molecule has 0 aromatic carbocycles. The molecule has 0 saturated heterocycles. The first-order valence-corrected chi connectivity index (χ1v) is 8.89. The van der Waals surface area contributed by atoms with Gasteiger partial charge in [-0.15, -0.1) is 0 Å². The SMILES string of the molecule is CO[C@@H]1C[C@@H](C(=O)NCCc2noc(C)n2)CC[C@H]1Nc1ncc(F)cn1. The number of amides is 1. The Kier molecular flexibility index (Phi) is 6.28. The van der Waals surface area contributed by atoms with Crippen molar-refractivity contribution in [3.8, 4) is 0 Å². The molecule has 1 fully saturated rings. The van der Waals surface area contributed by atoms with Gasteiger partial charge in [0.2, 0.25) is 17.7 Å². The molecule has 0 unspecified atom stereocenters. The third-order valence-electron chi connectivity index (χ3n) is 4.62. The van der Waals surface area contributed by atoms with E-state index in [2.05, 4.69) is 30.7 Å². The summed E-state index contributed by atoms with van der Waals surface area (Å²) in [6.07, 6.45) is 4.61. The quantitative estimate of drug-likeness (QED) is 0.740. The van der Waals surface area contributed by atoms with Gasteiger partial charge in [-0.1, -0.05) is 5.16 Å². The van der Waals surface area contributed by atoms with Crippen molar-refractivity contribution in [2.45, 2.75) is 44.8 Å². The lowest BCUT2D eigenvalue weighted by atomic mass is 9.83. The highest BCUT2D eigenvalue weighted by atomic mass is 19.1. The van der Waals surface area contributed by atoms with Crippen LogP contribution in [-0.4, -0.2) is 51.8 Å². The maximum atomic E-state index is 12.9. The normalized spacial score (nSPS) is 22.4. The Morgan fingerprint density at radius 2 is 2.15 bits per heavy atom. The number of nitrogens with one attached hydrogen (secondary N) is 2. The second-order valence-corrected chi connectivity index (χ2v) is 6.53. The van der Waals surface area contributed by atoms with Gasteiger partial charge < -0.3 is 19.9 Å². The lowest BCUT2D eigenvalue weighted by Gasteiger charge is -2.35. The van der Waals surface area contributed by atoms with Crippen molar-refractivity contribution in [1.82, 2.24) is 25.4 Å². The Morgan fingerprint density at radius 3 is 2.81 bits per heavy atom. The first-order valence-electron chi connectivity index (χ1n) is 8.89. The van der Waals surface area contributed by atoms with E-state index in [9.17, 15) is 9.18 Å². The molecule has 0 aliphatic heterocycles. The van der Waals surface area contributed by atoms with Gasteiger partial charge in [0.05, 0.1) is 24.5 Å². The molecule has 1 saturated carbocycles. The van der Waals surface area contributed by atoms with Crippen molar-refractivity contribution < 1.29 is 18.4 Å². The summed E-state index contributed by atoms with van der Waals surface area (Å²) >= 11 is 0. The largest absolute Gasteiger partial charge is 0.379 e. The summed E-state index contributed by atoms with van der Waals surface area (Å²) in [5, 5.41) is 9.89. The molecule has 1 amide bonds. The lowest BCUT2D eigenvalue weighted by Crippen LogP contribution is -2.45. The van der Waals surface area contributed by atoms with Gasteiger partial charge in [0.1, 0.15) is 0 Å². The lowest BCUT2D eigenvalue weighted by molar-refractivity contribution is -0.127. The molecule has 1 aliphatic carbocycles. The average Bonchev–Trinajstić information content (AvgIpc) is 3.09. The number of methoxy groups -OCH3 is 1. The fraction of sp³-hybridized carbons (Fsp3) is 0.588. The van der Waals surface area contributed by atoms with E-state index in [-0.39, 0.29) is 24.0 Å². The van der Waals surface area contributed by atoms with Crippen LogP contribution in [0.15, 0.2) is 16.9 Å². The molecule has 146 valence electrons. The molecule has 10 heteroatoms. The van der Waals surface area contributed by atoms with Crippen LogP contribution in [0.4, 0.5) is 10.3 Å². The van der Waals surface area contributed by atoms with Gasteiger partial charge in [-0.25, -0.2) is 14.4 Å². The topological polar surface area (TPSA) is 115 Å². The molecular weight excluding hydrogens is 355 g/mol. The first kappa shape index (κ1) is 19.2. The summed E-state index contributed by atoms with van der Waals surface area (Å²) in [6, 6.07) is -0.0354. The highest BCUT2D eigenvalue weighted by Gasteiger charge is 2.34. The van der Waals surface area contributed by atoms with E-state index in [1.54, 1.807) is 14.0 Å². The van der Waals surface area contributed by atoms with Crippen LogP contribution >= 0.6 is 0 Å². The minimum atomic E-state index is -0.486. The molecule has 9 nitrogen and oxygen atoms in total. The van der Waals surface area contributed by atoms with Crippen molar-refractivity contribution in [2.75, 3.05) is 19.0 Å². The Labute approximate surface area is 156 Å². The van der Waals surface area contributed by atoms with Crippen molar-refractivity contribution in [3.05, 3.63) is 29.9 Å².